The Morgan fingerprint density at radius 3 is 1.79 bits per heavy atom. The van der Waals surface area contributed by atoms with E-state index in [1.807, 2.05) is 0 Å². The summed E-state index contributed by atoms with van der Waals surface area (Å²) in [5.41, 5.74) is -0.780. The monoisotopic (exact) mass is 522 g/mol. The Balaban J connectivity index is 3.51. The molecule has 0 aliphatic heterocycles. The summed E-state index contributed by atoms with van der Waals surface area (Å²) in [6, 6.07) is 0. The van der Waals surface area contributed by atoms with E-state index in [9.17, 15) is 9.59 Å². The summed E-state index contributed by atoms with van der Waals surface area (Å²) in [5, 5.41) is 0. The topological polar surface area (TPSA) is 43.4 Å². The highest BCUT2D eigenvalue weighted by molar-refractivity contribution is 9.24. The lowest BCUT2D eigenvalue weighted by molar-refractivity contribution is -0.165. The number of alkyl halides is 2. The van der Waals surface area contributed by atoms with Crippen molar-refractivity contribution < 1.29 is 14.3 Å². The van der Waals surface area contributed by atoms with Gasteiger partial charge in [-0.25, -0.2) is 0 Å². The summed E-state index contributed by atoms with van der Waals surface area (Å²) >= 11 is 6.62. The van der Waals surface area contributed by atoms with Gasteiger partial charge in [-0.15, -0.1) is 0 Å². The molecule has 0 saturated heterocycles. The molecule has 0 fully saturated rings. The van der Waals surface area contributed by atoms with Crippen LogP contribution in [0.4, 0.5) is 0 Å². The SMILES string of the molecule is CCCCCCCC/C=C\CCCCCCCC(=O)OC(=O)C(C)(C)C(Br)Br. The number of hydrogen-bond acceptors (Lipinski definition) is 3. The zero-order valence-electron chi connectivity index (χ0n) is 18.1. The number of carbonyl (C=O) groups excluding carboxylic acids is 2. The van der Waals surface area contributed by atoms with Crippen LogP contribution >= 0.6 is 31.9 Å². The molecule has 164 valence electrons. The van der Waals surface area contributed by atoms with Crippen LogP contribution in [-0.4, -0.2) is 15.7 Å². The van der Waals surface area contributed by atoms with E-state index in [1.54, 1.807) is 13.8 Å². The molecule has 0 radical (unpaired) electrons. The Morgan fingerprint density at radius 2 is 1.29 bits per heavy atom. The van der Waals surface area contributed by atoms with Crippen LogP contribution in [0.3, 0.4) is 0 Å². The first-order valence-electron chi connectivity index (χ1n) is 11.0. The smallest absolute Gasteiger partial charge is 0.321 e. The van der Waals surface area contributed by atoms with Crippen LogP contribution in [0.1, 0.15) is 111 Å². The average Bonchev–Trinajstić information content (AvgIpc) is 2.64. The molecular weight excluding hydrogens is 484 g/mol. The van der Waals surface area contributed by atoms with Crippen molar-refractivity contribution >= 4 is 43.8 Å². The lowest BCUT2D eigenvalue weighted by Crippen LogP contribution is -2.33. The summed E-state index contributed by atoms with van der Waals surface area (Å²) in [7, 11) is 0. The summed E-state index contributed by atoms with van der Waals surface area (Å²) in [4.78, 5) is 23.7. The molecule has 28 heavy (non-hydrogen) atoms. The maximum atomic E-state index is 12.0. The van der Waals surface area contributed by atoms with Gasteiger partial charge in [0, 0.05) is 6.42 Å². The van der Waals surface area contributed by atoms with E-state index in [4.69, 9.17) is 4.74 Å². The first-order chi connectivity index (χ1) is 13.3. The average molecular weight is 524 g/mol. The molecule has 0 aromatic heterocycles. The minimum Gasteiger partial charge on any atom is -0.393 e. The summed E-state index contributed by atoms with van der Waals surface area (Å²) < 4.78 is 4.72. The molecule has 0 unspecified atom stereocenters. The van der Waals surface area contributed by atoms with Crippen molar-refractivity contribution in [1.29, 1.82) is 0 Å². The maximum Gasteiger partial charge on any atom is 0.321 e. The Hall–Kier alpha value is -0.160. The minimum absolute atomic E-state index is 0.229. The Morgan fingerprint density at radius 1 is 0.821 bits per heavy atom. The van der Waals surface area contributed by atoms with Crippen molar-refractivity contribution in [3.05, 3.63) is 12.2 Å². The fraction of sp³-hybridized carbons (Fsp3) is 0.826. The van der Waals surface area contributed by atoms with Crippen molar-refractivity contribution in [2.24, 2.45) is 5.41 Å². The molecular formula is C23H40Br2O3. The van der Waals surface area contributed by atoms with Gasteiger partial charge in [-0.1, -0.05) is 102 Å². The van der Waals surface area contributed by atoms with Crippen LogP contribution in [0.25, 0.3) is 0 Å². The largest absolute Gasteiger partial charge is 0.393 e. The fourth-order valence-corrected chi connectivity index (χ4v) is 3.09. The first-order valence-corrected chi connectivity index (χ1v) is 12.8. The third-order valence-electron chi connectivity index (χ3n) is 4.92. The molecule has 0 aliphatic rings. The minimum atomic E-state index is -0.780. The van der Waals surface area contributed by atoms with Gasteiger partial charge in [0.15, 0.2) is 0 Å². The molecule has 0 rings (SSSR count). The van der Waals surface area contributed by atoms with Crippen LogP contribution in [0.2, 0.25) is 0 Å². The van der Waals surface area contributed by atoms with Gasteiger partial charge in [-0.05, 0) is 46.0 Å². The predicted octanol–water partition coefficient (Wildman–Crippen LogP) is 8.24. The summed E-state index contributed by atoms with van der Waals surface area (Å²) in [6.07, 6.45) is 20.8. The van der Waals surface area contributed by atoms with Crippen LogP contribution in [0.15, 0.2) is 12.2 Å². The number of carbonyl (C=O) groups is 2. The standard InChI is InChI=1S/C23H40Br2O3/c1-4-5-6-7-8-9-10-11-12-13-14-15-16-17-18-19-20(26)28-22(27)23(2,3)21(24)25/h11-12,21H,4-10,13-19H2,1-3H3/b12-11-. The van der Waals surface area contributed by atoms with E-state index in [-0.39, 0.29) is 3.74 Å². The van der Waals surface area contributed by atoms with Crippen LogP contribution in [-0.2, 0) is 14.3 Å². The number of hydrogen-bond donors (Lipinski definition) is 0. The zero-order valence-corrected chi connectivity index (χ0v) is 21.3. The molecule has 0 aromatic rings. The van der Waals surface area contributed by atoms with Gasteiger partial charge in [0.2, 0.25) is 0 Å². The van der Waals surface area contributed by atoms with Crippen molar-refractivity contribution in [3.8, 4) is 0 Å². The van der Waals surface area contributed by atoms with Crippen LogP contribution in [0, 0.1) is 5.41 Å². The second kappa shape index (κ2) is 17.7. The van der Waals surface area contributed by atoms with Crippen molar-refractivity contribution in [2.75, 3.05) is 0 Å². The highest BCUT2D eigenvalue weighted by atomic mass is 79.9. The van der Waals surface area contributed by atoms with E-state index in [1.165, 1.54) is 57.8 Å². The number of halogens is 2. The second-order valence-corrected chi connectivity index (χ2v) is 11.2. The molecule has 0 spiro atoms. The molecule has 5 heteroatoms. The molecule has 0 bridgehead atoms. The van der Waals surface area contributed by atoms with Gasteiger partial charge < -0.3 is 4.74 Å². The van der Waals surface area contributed by atoms with Crippen molar-refractivity contribution in [3.63, 3.8) is 0 Å². The number of ether oxygens (including phenoxy) is 1. The van der Waals surface area contributed by atoms with Gasteiger partial charge in [0.1, 0.15) is 0 Å². The van der Waals surface area contributed by atoms with E-state index in [0.29, 0.717) is 6.42 Å². The number of unbranched alkanes of at least 4 members (excludes halogenated alkanes) is 11. The van der Waals surface area contributed by atoms with Crippen LogP contribution in [0.5, 0.6) is 0 Å². The van der Waals surface area contributed by atoms with Gasteiger partial charge in [0.25, 0.3) is 0 Å². The van der Waals surface area contributed by atoms with E-state index < -0.39 is 17.4 Å². The maximum absolute atomic E-state index is 12.0. The van der Waals surface area contributed by atoms with E-state index in [2.05, 4.69) is 50.9 Å². The molecule has 0 saturated carbocycles. The third-order valence-corrected chi connectivity index (χ3v) is 7.21. The first kappa shape index (κ1) is 27.8. The normalized spacial score (nSPS) is 12.1. The molecule has 3 nitrogen and oxygen atoms in total. The Bertz CT molecular complexity index is 445. The molecule has 0 amide bonds. The molecule has 0 aromatic carbocycles. The highest BCUT2D eigenvalue weighted by Gasteiger charge is 2.36. The summed E-state index contributed by atoms with van der Waals surface area (Å²) in [5.74, 6) is -0.916. The summed E-state index contributed by atoms with van der Waals surface area (Å²) in [6.45, 7) is 5.73. The third kappa shape index (κ3) is 14.8. The lowest BCUT2D eigenvalue weighted by Gasteiger charge is -2.23. The van der Waals surface area contributed by atoms with Gasteiger partial charge >= 0.3 is 11.9 Å². The fourth-order valence-electron chi connectivity index (χ4n) is 2.72. The van der Waals surface area contributed by atoms with Crippen molar-refractivity contribution in [1.82, 2.24) is 0 Å². The van der Waals surface area contributed by atoms with Gasteiger partial charge in [-0.2, -0.15) is 0 Å². The Kier molecular flexibility index (Phi) is 17.6. The molecule has 0 heterocycles. The zero-order chi connectivity index (χ0) is 21.3. The van der Waals surface area contributed by atoms with E-state index >= 15 is 0 Å². The lowest BCUT2D eigenvalue weighted by atomic mass is 9.97. The predicted molar refractivity (Wildman–Crippen MR) is 126 cm³/mol. The van der Waals surface area contributed by atoms with Gasteiger partial charge in [-0.3, -0.25) is 9.59 Å². The van der Waals surface area contributed by atoms with Gasteiger partial charge in [0.05, 0.1) is 9.15 Å². The second-order valence-electron chi connectivity index (χ2n) is 8.12. The number of esters is 2. The van der Waals surface area contributed by atoms with Crippen molar-refractivity contribution in [2.45, 2.75) is 114 Å². The number of rotatable bonds is 17. The number of allylic oxidation sites excluding steroid dienone is 2. The quantitative estimate of drug-likeness (QED) is 0.0633. The van der Waals surface area contributed by atoms with Crippen LogP contribution < -0.4 is 0 Å². The Labute approximate surface area is 189 Å². The molecule has 0 N–H and O–H groups in total. The molecule has 0 aliphatic carbocycles. The molecule has 0 atom stereocenters. The van der Waals surface area contributed by atoms with E-state index in [0.717, 1.165) is 25.7 Å². The highest BCUT2D eigenvalue weighted by Crippen LogP contribution is 2.33.